The first-order chi connectivity index (χ1) is 15.0. The van der Waals surface area contributed by atoms with Gasteiger partial charge >= 0.3 is 0 Å². The smallest absolute Gasteiger partial charge is 0.243 e. The number of aromatic nitrogens is 3. The largest absolute Gasteiger partial charge is 0.354 e. The van der Waals surface area contributed by atoms with Gasteiger partial charge in [0.25, 0.3) is 0 Å². The van der Waals surface area contributed by atoms with Crippen molar-refractivity contribution < 1.29 is 8.42 Å². The van der Waals surface area contributed by atoms with E-state index in [1.165, 1.54) is 6.33 Å². The van der Waals surface area contributed by atoms with Gasteiger partial charge in [-0.25, -0.2) is 23.4 Å². The molecule has 0 bridgehead atoms. The molecule has 0 atom stereocenters. The summed E-state index contributed by atoms with van der Waals surface area (Å²) in [4.78, 5) is 15.4. The lowest BCUT2D eigenvalue weighted by Gasteiger charge is -2.34. The minimum atomic E-state index is -3.49. The third-order valence-electron chi connectivity index (χ3n) is 5.36. The van der Waals surface area contributed by atoms with Crippen LogP contribution in [0.15, 0.2) is 59.9 Å². The van der Waals surface area contributed by atoms with Gasteiger partial charge in [-0.1, -0.05) is 19.1 Å². The van der Waals surface area contributed by atoms with Crippen molar-refractivity contribution in [3.63, 3.8) is 0 Å². The van der Waals surface area contributed by atoms with Crippen molar-refractivity contribution in [1.82, 2.24) is 19.3 Å². The lowest BCUT2D eigenvalue weighted by atomic mass is 10.2. The molecule has 1 N–H and O–H groups in total. The molecule has 0 radical (unpaired) electrons. The molecule has 0 spiro atoms. The highest BCUT2D eigenvalue weighted by atomic mass is 32.2. The van der Waals surface area contributed by atoms with E-state index < -0.39 is 10.0 Å². The predicted molar refractivity (Wildman–Crippen MR) is 121 cm³/mol. The van der Waals surface area contributed by atoms with Crippen LogP contribution < -0.4 is 10.2 Å². The van der Waals surface area contributed by atoms with Crippen LogP contribution in [-0.4, -0.2) is 53.9 Å². The van der Waals surface area contributed by atoms with Crippen LogP contribution in [0.3, 0.4) is 0 Å². The van der Waals surface area contributed by atoms with E-state index in [4.69, 9.17) is 0 Å². The minimum Gasteiger partial charge on any atom is -0.354 e. The molecule has 0 saturated carbocycles. The average Bonchev–Trinajstić information content (AvgIpc) is 2.79. The summed E-state index contributed by atoms with van der Waals surface area (Å²) < 4.78 is 27.5. The summed E-state index contributed by atoms with van der Waals surface area (Å²) in [5.41, 5.74) is 2.23. The fourth-order valence-corrected chi connectivity index (χ4v) is 4.95. The molecule has 1 aliphatic heterocycles. The van der Waals surface area contributed by atoms with Crippen molar-refractivity contribution >= 4 is 27.5 Å². The van der Waals surface area contributed by atoms with Crippen LogP contribution >= 0.6 is 0 Å². The third kappa shape index (κ3) is 4.83. The molecule has 1 saturated heterocycles. The van der Waals surface area contributed by atoms with Gasteiger partial charge in [-0.15, -0.1) is 0 Å². The number of nitrogens with one attached hydrogen (secondary N) is 1. The number of pyridine rings is 1. The average molecular weight is 439 g/mol. The topological polar surface area (TPSA) is 91.3 Å². The van der Waals surface area contributed by atoms with Crippen molar-refractivity contribution in [1.29, 1.82) is 0 Å². The Labute approximate surface area is 183 Å². The van der Waals surface area contributed by atoms with E-state index in [2.05, 4.69) is 25.2 Å². The molecular weight excluding hydrogens is 412 g/mol. The van der Waals surface area contributed by atoms with E-state index in [9.17, 15) is 8.42 Å². The molecule has 2 aromatic heterocycles. The second-order valence-electron chi connectivity index (χ2n) is 7.49. The van der Waals surface area contributed by atoms with Gasteiger partial charge in [-0.3, -0.25) is 0 Å². The number of piperazine rings is 1. The maximum Gasteiger partial charge on any atom is 0.243 e. The Balaban J connectivity index is 1.42. The van der Waals surface area contributed by atoms with Crippen LogP contribution in [0, 0.1) is 6.92 Å². The maximum absolute atomic E-state index is 13.0. The SMILES string of the molecule is CCc1ccc(S(=O)(=O)N2CCN(c3cc(Nc4cc(C)ccn4)ncn3)CC2)cc1. The molecule has 0 amide bonds. The highest BCUT2D eigenvalue weighted by molar-refractivity contribution is 7.89. The molecule has 1 aliphatic rings. The Morgan fingerprint density at radius 2 is 1.65 bits per heavy atom. The highest BCUT2D eigenvalue weighted by Crippen LogP contribution is 2.22. The third-order valence-corrected chi connectivity index (χ3v) is 7.27. The van der Waals surface area contributed by atoms with E-state index in [-0.39, 0.29) is 0 Å². The van der Waals surface area contributed by atoms with Crippen LogP contribution in [0.1, 0.15) is 18.1 Å². The maximum atomic E-state index is 13.0. The summed E-state index contributed by atoms with van der Waals surface area (Å²) in [6.45, 7) is 5.99. The Hall–Kier alpha value is -3.04. The van der Waals surface area contributed by atoms with Crippen LogP contribution in [0.4, 0.5) is 17.5 Å². The first kappa shape index (κ1) is 21.2. The number of hydrogen-bond donors (Lipinski definition) is 1. The number of rotatable bonds is 6. The minimum absolute atomic E-state index is 0.345. The van der Waals surface area contributed by atoms with E-state index in [0.29, 0.717) is 36.9 Å². The monoisotopic (exact) mass is 438 g/mol. The zero-order valence-electron chi connectivity index (χ0n) is 17.7. The van der Waals surface area contributed by atoms with E-state index in [1.54, 1.807) is 22.6 Å². The Bertz CT molecular complexity index is 1140. The number of benzene rings is 1. The summed E-state index contributed by atoms with van der Waals surface area (Å²) in [5.74, 6) is 2.12. The molecule has 0 aliphatic carbocycles. The number of sulfonamides is 1. The number of hydrogen-bond acceptors (Lipinski definition) is 7. The van der Waals surface area contributed by atoms with Gasteiger partial charge in [-0.05, 0) is 48.7 Å². The van der Waals surface area contributed by atoms with Crippen LogP contribution in [0.25, 0.3) is 0 Å². The van der Waals surface area contributed by atoms with Gasteiger partial charge in [-0.2, -0.15) is 4.31 Å². The summed E-state index contributed by atoms with van der Waals surface area (Å²) in [7, 11) is -3.49. The quantitative estimate of drug-likeness (QED) is 0.633. The summed E-state index contributed by atoms with van der Waals surface area (Å²) in [6, 6.07) is 12.9. The molecule has 31 heavy (non-hydrogen) atoms. The van der Waals surface area contributed by atoms with Crippen LogP contribution in [0.5, 0.6) is 0 Å². The highest BCUT2D eigenvalue weighted by Gasteiger charge is 2.29. The zero-order valence-corrected chi connectivity index (χ0v) is 18.5. The van der Waals surface area contributed by atoms with Gasteiger partial charge in [0.2, 0.25) is 10.0 Å². The molecule has 0 unspecified atom stereocenters. The molecule has 162 valence electrons. The summed E-state index contributed by atoms with van der Waals surface area (Å²) >= 11 is 0. The first-order valence-corrected chi connectivity index (χ1v) is 11.8. The fourth-order valence-electron chi connectivity index (χ4n) is 3.53. The normalized spacial score (nSPS) is 15.1. The number of nitrogens with zero attached hydrogens (tertiary/aromatic N) is 5. The van der Waals surface area contributed by atoms with Crippen LogP contribution in [0.2, 0.25) is 0 Å². The number of aryl methyl sites for hydroxylation is 2. The molecule has 8 nitrogen and oxygen atoms in total. The van der Waals surface area contributed by atoms with Crippen molar-refractivity contribution in [2.24, 2.45) is 0 Å². The summed E-state index contributed by atoms with van der Waals surface area (Å²) in [5, 5.41) is 3.19. The van der Waals surface area contributed by atoms with E-state index in [0.717, 1.165) is 29.2 Å². The van der Waals surface area contributed by atoms with Gasteiger partial charge < -0.3 is 10.2 Å². The lowest BCUT2D eigenvalue weighted by Crippen LogP contribution is -2.48. The van der Waals surface area contributed by atoms with E-state index >= 15 is 0 Å². The van der Waals surface area contributed by atoms with E-state index in [1.807, 2.05) is 44.2 Å². The Morgan fingerprint density at radius 3 is 2.32 bits per heavy atom. The van der Waals surface area contributed by atoms with Crippen molar-refractivity contribution in [2.75, 3.05) is 36.4 Å². The first-order valence-electron chi connectivity index (χ1n) is 10.3. The molecule has 4 rings (SSSR count). The van der Waals surface area contributed by atoms with Gasteiger partial charge in [0.05, 0.1) is 4.90 Å². The molecule has 3 aromatic rings. The lowest BCUT2D eigenvalue weighted by molar-refractivity contribution is 0.384. The molecule has 1 fully saturated rings. The molecule has 3 heterocycles. The summed E-state index contributed by atoms with van der Waals surface area (Å²) in [6.07, 6.45) is 4.13. The molecular formula is C22H26N6O2S. The van der Waals surface area contributed by atoms with Crippen LogP contribution in [-0.2, 0) is 16.4 Å². The van der Waals surface area contributed by atoms with Crippen molar-refractivity contribution in [2.45, 2.75) is 25.2 Å². The Morgan fingerprint density at radius 1 is 0.935 bits per heavy atom. The molecule has 9 heteroatoms. The second kappa shape index (κ2) is 8.99. The fraction of sp³-hybridized carbons (Fsp3) is 0.318. The van der Waals surface area contributed by atoms with Crippen molar-refractivity contribution in [3.8, 4) is 0 Å². The van der Waals surface area contributed by atoms with Gasteiger partial charge in [0.1, 0.15) is 23.8 Å². The Kier molecular flexibility index (Phi) is 6.15. The standard InChI is InChI=1S/C22H26N6O2S/c1-3-18-4-6-19(7-5-18)31(29,30)28-12-10-27(11-13-28)22-15-21(24-16-25-22)26-20-14-17(2)8-9-23-20/h4-9,14-16H,3,10-13H2,1-2H3,(H,23,24,25,26). The zero-order chi connectivity index (χ0) is 21.8. The van der Waals surface area contributed by atoms with Crippen molar-refractivity contribution in [3.05, 3.63) is 66.1 Å². The number of anilines is 3. The second-order valence-corrected chi connectivity index (χ2v) is 9.43. The van der Waals surface area contributed by atoms with Gasteiger partial charge in [0, 0.05) is 38.4 Å². The predicted octanol–water partition coefficient (Wildman–Crippen LogP) is 3.00. The molecule has 1 aromatic carbocycles. The van der Waals surface area contributed by atoms with Gasteiger partial charge in [0.15, 0.2) is 0 Å².